The molecule has 0 aliphatic heterocycles. The van der Waals surface area contributed by atoms with Crippen molar-refractivity contribution in [2.24, 2.45) is 0 Å². The second-order valence-electron chi connectivity index (χ2n) is 4.79. The van der Waals surface area contributed by atoms with Crippen molar-refractivity contribution in [3.63, 3.8) is 0 Å². The Morgan fingerprint density at radius 1 is 1.42 bits per heavy atom. The molecule has 1 amide bonds. The van der Waals surface area contributed by atoms with Crippen molar-refractivity contribution in [2.45, 2.75) is 24.3 Å². The van der Waals surface area contributed by atoms with Gasteiger partial charge >= 0.3 is 5.97 Å². The Labute approximate surface area is 165 Å². The number of hydrogen-bond acceptors (Lipinski definition) is 8. The number of benzene rings is 1. The van der Waals surface area contributed by atoms with E-state index in [0.717, 1.165) is 11.3 Å². The summed E-state index contributed by atoms with van der Waals surface area (Å²) in [4.78, 5) is 23.5. The van der Waals surface area contributed by atoms with Crippen molar-refractivity contribution in [1.29, 1.82) is 0 Å². The lowest BCUT2D eigenvalue weighted by Crippen LogP contribution is -2.30. The predicted molar refractivity (Wildman–Crippen MR) is 100 cm³/mol. The molecule has 0 aliphatic rings. The van der Waals surface area contributed by atoms with Gasteiger partial charge in [-0.1, -0.05) is 23.1 Å². The van der Waals surface area contributed by atoms with Crippen molar-refractivity contribution in [3.8, 4) is 5.75 Å². The molecule has 0 spiro atoms. The van der Waals surface area contributed by atoms with E-state index in [1.807, 2.05) is 0 Å². The number of aromatic nitrogens is 2. The molecule has 7 nitrogen and oxygen atoms in total. The molecule has 2 rings (SSSR count). The minimum absolute atomic E-state index is 0.120. The lowest BCUT2D eigenvalue weighted by molar-refractivity contribution is -0.139. The smallest absolute Gasteiger partial charge is 0.316 e. The number of nitrogens with zero attached hydrogens (tertiary/aromatic N) is 2. The molecule has 0 bridgehead atoms. The van der Waals surface area contributed by atoms with Crippen LogP contribution in [-0.2, 0) is 14.3 Å². The van der Waals surface area contributed by atoms with Crippen LogP contribution in [-0.4, -0.2) is 40.5 Å². The second kappa shape index (κ2) is 9.83. The van der Waals surface area contributed by atoms with E-state index < -0.39 is 17.8 Å². The molecule has 11 heteroatoms. The molecule has 0 aliphatic carbocycles. The van der Waals surface area contributed by atoms with Gasteiger partial charge in [-0.2, -0.15) is 0 Å². The van der Waals surface area contributed by atoms with E-state index in [2.05, 4.69) is 31.4 Å². The standard InChI is InChI=1S/C15H15BrFN3O4S2/c1-3-23-12(21)7-25-15-20-19-14(26-15)18-13(22)8(2)24-11-5-4-9(17)6-10(11)16/h4-6,8H,3,7H2,1-2H3,(H,18,19,22). The summed E-state index contributed by atoms with van der Waals surface area (Å²) < 4.78 is 24.4. The van der Waals surface area contributed by atoms with Crippen LogP contribution in [0.15, 0.2) is 27.0 Å². The van der Waals surface area contributed by atoms with Gasteiger partial charge < -0.3 is 9.47 Å². The van der Waals surface area contributed by atoms with Crippen LogP contribution in [0.5, 0.6) is 5.75 Å². The summed E-state index contributed by atoms with van der Waals surface area (Å²) in [7, 11) is 0. The van der Waals surface area contributed by atoms with Crippen LogP contribution < -0.4 is 10.1 Å². The average Bonchev–Trinajstić information content (AvgIpc) is 3.03. The van der Waals surface area contributed by atoms with Gasteiger partial charge in [-0.05, 0) is 48.0 Å². The molecule has 1 heterocycles. The third-order valence-corrected chi connectivity index (χ3v) is 5.39. The number of esters is 1. The number of ether oxygens (including phenoxy) is 2. The zero-order chi connectivity index (χ0) is 19.1. The van der Waals surface area contributed by atoms with Gasteiger partial charge in [0.2, 0.25) is 5.13 Å². The fraction of sp³-hybridized carbons (Fsp3) is 0.333. The Bertz CT molecular complexity index is 790. The molecule has 1 unspecified atom stereocenters. The van der Waals surface area contributed by atoms with Crippen LogP contribution in [0.2, 0.25) is 0 Å². The maximum absolute atomic E-state index is 13.1. The number of anilines is 1. The molecule has 0 saturated heterocycles. The second-order valence-corrected chi connectivity index (χ2v) is 7.85. The normalized spacial score (nSPS) is 11.7. The minimum Gasteiger partial charge on any atom is -0.480 e. The fourth-order valence-corrected chi connectivity index (χ4v) is 3.66. The van der Waals surface area contributed by atoms with Gasteiger partial charge in [-0.3, -0.25) is 14.9 Å². The van der Waals surface area contributed by atoms with Crippen molar-refractivity contribution >= 4 is 56.0 Å². The van der Waals surface area contributed by atoms with Crippen LogP contribution in [0, 0.1) is 5.82 Å². The van der Waals surface area contributed by atoms with Crippen LogP contribution in [0.4, 0.5) is 9.52 Å². The van der Waals surface area contributed by atoms with Crippen molar-refractivity contribution in [1.82, 2.24) is 10.2 Å². The van der Waals surface area contributed by atoms with Gasteiger partial charge in [0, 0.05) is 0 Å². The van der Waals surface area contributed by atoms with Crippen LogP contribution >= 0.6 is 39.0 Å². The van der Waals surface area contributed by atoms with Gasteiger partial charge in [-0.15, -0.1) is 10.2 Å². The molecule has 26 heavy (non-hydrogen) atoms. The van der Waals surface area contributed by atoms with Gasteiger partial charge in [0.1, 0.15) is 11.6 Å². The molecular weight excluding hydrogens is 449 g/mol. The van der Waals surface area contributed by atoms with Crippen molar-refractivity contribution < 1.29 is 23.5 Å². The van der Waals surface area contributed by atoms with Crippen molar-refractivity contribution in [3.05, 3.63) is 28.5 Å². The molecule has 0 radical (unpaired) electrons. The highest BCUT2D eigenvalue weighted by molar-refractivity contribution is 9.10. The summed E-state index contributed by atoms with van der Waals surface area (Å²) in [6.45, 7) is 3.61. The average molecular weight is 464 g/mol. The zero-order valence-corrected chi connectivity index (χ0v) is 17.0. The van der Waals surface area contributed by atoms with E-state index in [9.17, 15) is 14.0 Å². The lowest BCUT2D eigenvalue weighted by atomic mass is 10.3. The van der Waals surface area contributed by atoms with Gasteiger partial charge in [0.25, 0.3) is 5.91 Å². The summed E-state index contributed by atoms with van der Waals surface area (Å²) in [5, 5.41) is 10.6. The van der Waals surface area contributed by atoms with Crippen LogP contribution in [0.3, 0.4) is 0 Å². The molecule has 0 saturated carbocycles. The van der Waals surface area contributed by atoms with E-state index >= 15 is 0 Å². The van der Waals surface area contributed by atoms with E-state index in [1.165, 1.54) is 30.0 Å². The Hall–Kier alpha value is -1.72. The first-order valence-electron chi connectivity index (χ1n) is 7.43. The highest BCUT2D eigenvalue weighted by Gasteiger charge is 2.18. The number of nitrogens with one attached hydrogen (secondary N) is 1. The molecule has 1 atom stereocenters. The maximum Gasteiger partial charge on any atom is 0.316 e. The summed E-state index contributed by atoms with van der Waals surface area (Å²) in [6.07, 6.45) is -0.837. The highest BCUT2D eigenvalue weighted by atomic mass is 79.9. The molecular formula is C15H15BrFN3O4S2. The Morgan fingerprint density at radius 3 is 2.88 bits per heavy atom. The van der Waals surface area contributed by atoms with E-state index in [0.29, 0.717) is 21.2 Å². The minimum atomic E-state index is -0.837. The van der Waals surface area contributed by atoms with E-state index in [1.54, 1.807) is 13.8 Å². The monoisotopic (exact) mass is 463 g/mol. The quantitative estimate of drug-likeness (QED) is 0.363. The maximum atomic E-state index is 13.1. The number of hydrogen-bond donors (Lipinski definition) is 1. The molecule has 1 aromatic heterocycles. The molecule has 1 aromatic carbocycles. The zero-order valence-electron chi connectivity index (χ0n) is 13.8. The number of amides is 1. The number of carbonyl (C=O) groups is 2. The van der Waals surface area contributed by atoms with Gasteiger partial charge in [0.05, 0.1) is 16.8 Å². The van der Waals surface area contributed by atoms with Gasteiger partial charge in [-0.25, -0.2) is 4.39 Å². The fourth-order valence-electron chi connectivity index (χ4n) is 1.66. The molecule has 0 fully saturated rings. The molecule has 1 N–H and O–H groups in total. The van der Waals surface area contributed by atoms with E-state index in [4.69, 9.17) is 9.47 Å². The van der Waals surface area contributed by atoms with Gasteiger partial charge in [0.15, 0.2) is 10.4 Å². The Morgan fingerprint density at radius 2 is 2.19 bits per heavy atom. The number of halogens is 2. The first-order chi connectivity index (χ1) is 12.4. The summed E-state index contributed by atoms with van der Waals surface area (Å²) in [5.41, 5.74) is 0. The number of carbonyl (C=O) groups excluding carboxylic acids is 2. The lowest BCUT2D eigenvalue weighted by Gasteiger charge is -2.14. The first-order valence-corrected chi connectivity index (χ1v) is 10.0. The molecule has 140 valence electrons. The first kappa shape index (κ1) is 20.6. The predicted octanol–water partition coefficient (Wildman–Crippen LogP) is 3.50. The number of thioether (sulfide) groups is 1. The highest BCUT2D eigenvalue weighted by Crippen LogP contribution is 2.28. The summed E-state index contributed by atoms with van der Waals surface area (Å²) >= 11 is 5.49. The Kier molecular flexibility index (Phi) is 7.79. The number of rotatable bonds is 8. The summed E-state index contributed by atoms with van der Waals surface area (Å²) in [5.74, 6) is -0.723. The molecule has 2 aromatic rings. The Balaban J connectivity index is 1.87. The van der Waals surface area contributed by atoms with Crippen LogP contribution in [0.25, 0.3) is 0 Å². The van der Waals surface area contributed by atoms with E-state index in [-0.39, 0.29) is 16.9 Å². The summed E-state index contributed by atoms with van der Waals surface area (Å²) in [6, 6.07) is 3.92. The SMILES string of the molecule is CCOC(=O)CSc1nnc(NC(=O)C(C)Oc2ccc(F)cc2Br)s1. The third kappa shape index (κ3) is 6.22. The largest absolute Gasteiger partial charge is 0.480 e. The van der Waals surface area contributed by atoms with Crippen LogP contribution in [0.1, 0.15) is 13.8 Å². The third-order valence-electron chi connectivity index (χ3n) is 2.82. The van der Waals surface area contributed by atoms with Crippen molar-refractivity contribution in [2.75, 3.05) is 17.7 Å². The topological polar surface area (TPSA) is 90.4 Å².